The van der Waals surface area contributed by atoms with E-state index in [1.165, 1.54) is 4.90 Å². The summed E-state index contributed by atoms with van der Waals surface area (Å²) in [5.74, 6) is -0.642. The normalized spacial score (nSPS) is 21.5. The molecule has 4 rings (SSSR count). The van der Waals surface area contributed by atoms with Crippen molar-refractivity contribution < 1.29 is 27.6 Å². The maximum atomic E-state index is 13.6. The number of sulfonamides is 1. The van der Waals surface area contributed by atoms with Crippen molar-refractivity contribution in [2.45, 2.75) is 42.7 Å². The van der Waals surface area contributed by atoms with E-state index in [0.29, 0.717) is 19.6 Å². The van der Waals surface area contributed by atoms with Crippen LogP contribution in [0.1, 0.15) is 26.2 Å². The molecule has 0 radical (unpaired) electrons. The van der Waals surface area contributed by atoms with Crippen molar-refractivity contribution in [3.63, 3.8) is 0 Å². The lowest BCUT2D eigenvalue weighted by Gasteiger charge is -2.39. The van der Waals surface area contributed by atoms with Crippen molar-refractivity contribution in [1.29, 1.82) is 0 Å². The van der Waals surface area contributed by atoms with Crippen LogP contribution < -0.4 is 10.8 Å². The Balaban J connectivity index is 1.54. The minimum Gasteiger partial charge on any atom is -0.350 e. The topological polar surface area (TPSA) is 117 Å². The first kappa shape index (κ1) is 25.6. The molecule has 1 aromatic heterocycles. The van der Waals surface area contributed by atoms with E-state index in [1.807, 2.05) is 30.3 Å². The molecule has 0 aliphatic carbocycles. The molecule has 0 bridgehead atoms. The maximum absolute atomic E-state index is 13.6. The molecule has 0 spiro atoms. The van der Waals surface area contributed by atoms with Gasteiger partial charge < -0.3 is 15.0 Å². The number of urea groups is 1. The molecule has 2 aliphatic rings. The predicted molar refractivity (Wildman–Crippen MR) is 131 cm³/mol. The molecule has 10 nitrogen and oxygen atoms in total. The minimum absolute atomic E-state index is 0.0178. The Morgan fingerprint density at radius 3 is 2.66 bits per heavy atom. The predicted octanol–water partition coefficient (Wildman–Crippen LogP) is 2.39. The van der Waals surface area contributed by atoms with Gasteiger partial charge in [-0.2, -0.15) is 4.31 Å². The third kappa shape index (κ3) is 6.01. The zero-order chi connectivity index (χ0) is 24.8. The summed E-state index contributed by atoms with van der Waals surface area (Å²) in [4.78, 5) is 33.2. The number of carbonyl (C=O) groups is 2. The van der Waals surface area contributed by atoms with Gasteiger partial charge in [-0.1, -0.05) is 30.3 Å². The number of nitrogens with one attached hydrogen (secondary N) is 2. The van der Waals surface area contributed by atoms with E-state index >= 15 is 0 Å². The molecule has 35 heavy (non-hydrogen) atoms. The first-order valence-electron chi connectivity index (χ1n) is 11.7. The fourth-order valence-electron chi connectivity index (χ4n) is 4.04. The number of hydrogen-bond donors (Lipinski definition) is 2. The van der Waals surface area contributed by atoms with Crippen LogP contribution in [0.2, 0.25) is 0 Å². The summed E-state index contributed by atoms with van der Waals surface area (Å²) in [6, 6.07) is 11.3. The van der Waals surface area contributed by atoms with E-state index in [2.05, 4.69) is 10.8 Å². The molecular formula is C23H30N4O6S2. The summed E-state index contributed by atoms with van der Waals surface area (Å²) in [5.41, 5.74) is 3.29. The highest BCUT2D eigenvalue weighted by atomic mass is 32.2. The number of piperazine rings is 1. The van der Waals surface area contributed by atoms with E-state index in [9.17, 15) is 18.0 Å². The molecule has 0 saturated carbocycles. The molecule has 2 saturated heterocycles. The first-order valence-corrected chi connectivity index (χ1v) is 13.9. The zero-order valence-corrected chi connectivity index (χ0v) is 21.1. The summed E-state index contributed by atoms with van der Waals surface area (Å²) in [6.07, 6.45) is 1.90. The molecule has 190 valence electrons. The summed E-state index contributed by atoms with van der Waals surface area (Å²) in [7, 11) is -4.00. The third-order valence-corrected chi connectivity index (χ3v) is 9.39. The van der Waals surface area contributed by atoms with Gasteiger partial charge in [0.25, 0.3) is 15.9 Å². The lowest BCUT2D eigenvalue weighted by Crippen LogP contribution is -2.62. The van der Waals surface area contributed by atoms with Crippen molar-refractivity contribution in [2.24, 2.45) is 0 Å². The maximum Gasteiger partial charge on any atom is 0.317 e. The van der Waals surface area contributed by atoms with Gasteiger partial charge in [0.1, 0.15) is 10.3 Å². The Morgan fingerprint density at radius 1 is 1.14 bits per heavy atom. The van der Waals surface area contributed by atoms with E-state index in [4.69, 9.17) is 9.57 Å². The van der Waals surface area contributed by atoms with Crippen molar-refractivity contribution >= 4 is 33.3 Å². The van der Waals surface area contributed by atoms with Crippen molar-refractivity contribution in [3.05, 3.63) is 42.5 Å². The molecule has 1 unspecified atom stereocenters. The number of hydrogen-bond acceptors (Lipinski definition) is 7. The fraction of sp³-hybridized carbons (Fsp3) is 0.478. The Bertz CT molecular complexity index is 1120. The molecule has 12 heteroatoms. The highest BCUT2D eigenvalue weighted by Gasteiger charge is 2.42. The van der Waals surface area contributed by atoms with Gasteiger partial charge in [-0.05, 0) is 37.5 Å². The molecule has 2 atom stereocenters. The summed E-state index contributed by atoms with van der Waals surface area (Å²) < 4.78 is 34.0. The monoisotopic (exact) mass is 522 g/mol. The van der Waals surface area contributed by atoms with Gasteiger partial charge in [0, 0.05) is 44.1 Å². The highest BCUT2D eigenvalue weighted by Crippen LogP contribution is 2.33. The minimum atomic E-state index is -4.00. The quantitative estimate of drug-likeness (QED) is 0.540. The van der Waals surface area contributed by atoms with Crippen molar-refractivity contribution in [2.75, 3.05) is 32.8 Å². The van der Waals surface area contributed by atoms with Crippen molar-refractivity contribution in [1.82, 2.24) is 20.0 Å². The SMILES string of the molecule is CCNC(=O)N1CCN(S(=O)(=O)c2ccc(-c3ccccc3)s2)[C@@H](C(=O)NOC2CCCCO2)C1. The van der Waals surface area contributed by atoms with Crippen LogP contribution in [0.25, 0.3) is 10.4 Å². The van der Waals surface area contributed by atoms with Crippen LogP contribution in [-0.2, 0) is 24.4 Å². The van der Waals surface area contributed by atoms with Gasteiger partial charge >= 0.3 is 6.03 Å². The Hall–Kier alpha value is -2.51. The largest absolute Gasteiger partial charge is 0.350 e. The van der Waals surface area contributed by atoms with Crippen LogP contribution in [0.4, 0.5) is 4.79 Å². The van der Waals surface area contributed by atoms with Crippen LogP contribution in [0, 0.1) is 0 Å². The third-order valence-electron chi connectivity index (χ3n) is 5.88. The molecular weight excluding hydrogens is 492 g/mol. The number of nitrogens with zero attached hydrogens (tertiary/aromatic N) is 2. The molecule has 2 aromatic rings. The van der Waals surface area contributed by atoms with Gasteiger partial charge in [0.15, 0.2) is 6.29 Å². The standard InChI is InChI=1S/C23H30N4O6S2/c1-2-24-23(29)26-13-14-27(18(16-26)22(28)25-33-20-10-6-7-15-32-20)35(30,31)21-12-11-19(34-21)17-8-4-3-5-9-17/h3-5,8-9,11-12,18,20H,2,6-7,10,13-16H2,1H3,(H,24,29)(H,25,28)/t18-,20?/m1/s1. The highest BCUT2D eigenvalue weighted by molar-refractivity contribution is 7.91. The number of carbonyl (C=O) groups excluding carboxylic acids is 2. The average molecular weight is 523 g/mol. The van der Waals surface area contributed by atoms with Gasteiger partial charge in [-0.15, -0.1) is 11.3 Å². The Morgan fingerprint density at radius 2 is 1.94 bits per heavy atom. The van der Waals surface area contributed by atoms with E-state index in [-0.39, 0.29) is 29.9 Å². The summed E-state index contributed by atoms with van der Waals surface area (Å²) >= 11 is 1.15. The van der Waals surface area contributed by atoms with Gasteiger partial charge in [-0.3, -0.25) is 4.79 Å². The van der Waals surface area contributed by atoms with Gasteiger partial charge in [0.2, 0.25) is 0 Å². The van der Waals surface area contributed by atoms with Crippen LogP contribution in [0.3, 0.4) is 0 Å². The molecule has 2 aliphatic heterocycles. The van der Waals surface area contributed by atoms with Crippen LogP contribution >= 0.6 is 11.3 Å². The average Bonchev–Trinajstić information content (AvgIpc) is 3.40. The first-order chi connectivity index (χ1) is 16.9. The van der Waals surface area contributed by atoms with Crippen LogP contribution in [0.15, 0.2) is 46.7 Å². The number of benzene rings is 1. The molecule has 3 amide bonds. The summed E-state index contributed by atoms with van der Waals surface area (Å²) in [6.45, 7) is 2.81. The number of rotatable bonds is 7. The molecule has 2 fully saturated rings. The van der Waals surface area contributed by atoms with Gasteiger partial charge in [0.05, 0.1) is 0 Å². The number of thiophene rings is 1. The lowest BCUT2D eigenvalue weighted by molar-refractivity contribution is -0.202. The second kappa shape index (κ2) is 11.5. The Labute approximate surface area is 209 Å². The molecule has 3 heterocycles. The molecule has 2 N–H and O–H groups in total. The number of amides is 3. The number of ether oxygens (including phenoxy) is 1. The number of hydroxylamine groups is 1. The zero-order valence-electron chi connectivity index (χ0n) is 19.5. The molecule has 1 aromatic carbocycles. The van der Waals surface area contributed by atoms with E-state index in [1.54, 1.807) is 19.1 Å². The van der Waals surface area contributed by atoms with Crippen LogP contribution in [-0.4, -0.2) is 74.7 Å². The Kier molecular flexibility index (Phi) is 8.39. The van der Waals surface area contributed by atoms with Gasteiger partial charge in [-0.25, -0.2) is 23.5 Å². The van der Waals surface area contributed by atoms with Crippen LogP contribution in [0.5, 0.6) is 0 Å². The summed E-state index contributed by atoms with van der Waals surface area (Å²) in [5, 5.41) is 2.70. The lowest BCUT2D eigenvalue weighted by atomic mass is 10.2. The smallest absolute Gasteiger partial charge is 0.317 e. The van der Waals surface area contributed by atoms with E-state index in [0.717, 1.165) is 38.9 Å². The second-order valence-electron chi connectivity index (χ2n) is 8.28. The van der Waals surface area contributed by atoms with Crippen molar-refractivity contribution in [3.8, 4) is 10.4 Å². The fourth-order valence-corrected chi connectivity index (χ4v) is 7.05. The van der Waals surface area contributed by atoms with E-state index < -0.39 is 28.3 Å². The second-order valence-corrected chi connectivity index (χ2v) is 11.5.